The molecule has 1 aromatic heterocycles. The fraction of sp³-hybridized carbons (Fsp3) is 0.143. The van der Waals surface area contributed by atoms with Gasteiger partial charge in [0.2, 0.25) is 0 Å². The number of aliphatic hydroxyl groups is 1. The van der Waals surface area contributed by atoms with Crippen LogP contribution in [0.25, 0.3) is 27.5 Å². The van der Waals surface area contributed by atoms with E-state index in [1.807, 2.05) is 32.0 Å². The zero-order valence-electron chi connectivity index (χ0n) is 13.3. The highest BCUT2D eigenvalue weighted by Crippen LogP contribution is 2.35. The van der Waals surface area contributed by atoms with E-state index < -0.39 is 5.60 Å². The molecule has 0 saturated carbocycles. The Morgan fingerprint density at radius 2 is 1.17 bits per heavy atom. The predicted octanol–water partition coefficient (Wildman–Crippen LogP) is 5.01. The van der Waals surface area contributed by atoms with Crippen LogP contribution in [-0.4, -0.2) is 9.67 Å². The largest absolute Gasteiger partial charge is 0.386 e. The predicted molar refractivity (Wildman–Crippen MR) is 96.0 cm³/mol. The van der Waals surface area contributed by atoms with Gasteiger partial charge in [0, 0.05) is 16.3 Å². The summed E-state index contributed by atoms with van der Waals surface area (Å²) in [6, 6.07) is 24.9. The molecule has 0 aliphatic carbocycles. The van der Waals surface area contributed by atoms with Crippen molar-refractivity contribution in [3.05, 3.63) is 78.4 Å². The molecule has 4 rings (SSSR count). The smallest absolute Gasteiger partial charge is 0.0860 e. The number of benzene rings is 3. The van der Waals surface area contributed by atoms with E-state index in [4.69, 9.17) is 0 Å². The number of aromatic nitrogens is 1. The van der Waals surface area contributed by atoms with E-state index in [1.165, 1.54) is 10.8 Å². The van der Waals surface area contributed by atoms with Gasteiger partial charge in [-0.05, 0) is 32.0 Å². The molecule has 0 aliphatic rings. The third kappa shape index (κ3) is 2.14. The van der Waals surface area contributed by atoms with Crippen LogP contribution in [0.1, 0.15) is 19.4 Å². The standard InChI is InChI=1S/C21H19NO/c1-21(2,23)17-11-5-8-14-20(17)22-18-12-6-3-9-15(18)16-10-4-7-13-19(16)22/h3-14,23H,1-2H3. The zero-order valence-corrected chi connectivity index (χ0v) is 13.3. The van der Waals surface area contributed by atoms with Gasteiger partial charge in [0.25, 0.3) is 0 Å². The molecule has 0 amide bonds. The normalized spacial score (nSPS) is 12.1. The number of hydrogen-bond acceptors (Lipinski definition) is 1. The highest BCUT2D eigenvalue weighted by Gasteiger charge is 2.22. The maximum Gasteiger partial charge on any atom is 0.0860 e. The van der Waals surface area contributed by atoms with Crippen LogP contribution in [0.3, 0.4) is 0 Å². The van der Waals surface area contributed by atoms with E-state index in [-0.39, 0.29) is 0 Å². The number of para-hydroxylation sites is 3. The summed E-state index contributed by atoms with van der Waals surface area (Å²) in [7, 11) is 0. The van der Waals surface area contributed by atoms with Crippen molar-refractivity contribution in [2.75, 3.05) is 0 Å². The quantitative estimate of drug-likeness (QED) is 0.553. The van der Waals surface area contributed by atoms with E-state index in [0.717, 1.165) is 22.3 Å². The van der Waals surface area contributed by atoms with Crippen LogP contribution in [0, 0.1) is 0 Å². The van der Waals surface area contributed by atoms with Gasteiger partial charge >= 0.3 is 0 Å². The summed E-state index contributed by atoms with van der Waals surface area (Å²) in [6.45, 7) is 3.67. The summed E-state index contributed by atoms with van der Waals surface area (Å²) in [4.78, 5) is 0. The minimum atomic E-state index is -0.900. The Kier molecular flexibility index (Phi) is 3.03. The summed E-state index contributed by atoms with van der Waals surface area (Å²) in [6.07, 6.45) is 0. The topological polar surface area (TPSA) is 25.2 Å². The number of nitrogens with zero attached hydrogens (tertiary/aromatic N) is 1. The van der Waals surface area contributed by atoms with Gasteiger partial charge in [-0.25, -0.2) is 0 Å². The van der Waals surface area contributed by atoms with E-state index in [1.54, 1.807) is 0 Å². The lowest BCUT2D eigenvalue weighted by atomic mass is 9.96. The molecule has 23 heavy (non-hydrogen) atoms. The minimum absolute atomic E-state index is 0.900. The molecule has 0 unspecified atom stereocenters. The van der Waals surface area contributed by atoms with Crippen molar-refractivity contribution in [2.24, 2.45) is 0 Å². The maximum absolute atomic E-state index is 10.6. The van der Waals surface area contributed by atoms with Gasteiger partial charge in [0.1, 0.15) is 0 Å². The van der Waals surface area contributed by atoms with Crippen molar-refractivity contribution in [3.63, 3.8) is 0 Å². The summed E-state index contributed by atoms with van der Waals surface area (Å²) in [5.41, 5.74) is 3.36. The Morgan fingerprint density at radius 3 is 1.74 bits per heavy atom. The van der Waals surface area contributed by atoms with Crippen LogP contribution in [-0.2, 0) is 5.60 Å². The SMILES string of the molecule is CC(C)(O)c1ccccc1-n1c2ccccc2c2ccccc21. The molecule has 0 atom stereocenters. The van der Waals surface area contributed by atoms with Gasteiger partial charge in [-0.1, -0.05) is 54.6 Å². The van der Waals surface area contributed by atoms with Gasteiger partial charge < -0.3 is 9.67 Å². The second-order valence-electron chi connectivity index (χ2n) is 6.45. The van der Waals surface area contributed by atoms with Crippen molar-refractivity contribution >= 4 is 21.8 Å². The molecule has 0 aliphatic heterocycles. The Balaban J connectivity index is 2.18. The summed E-state index contributed by atoms with van der Waals surface area (Å²) in [5, 5.41) is 13.1. The molecule has 0 radical (unpaired) electrons. The van der Waals surface area contributed by atoms with Crippen LogP contribution < -0.4 is 0 Å². The third-order valence-electron chi connectivity index (χ3n) is 4.38. The molecule has 1 heterocycles. The molecule has 0 bridgehead atoms. The first-order valence-corrected chi connectivity index (χ1v) is 7.88. The van der Waals surface area contributed by atoms with Gasteiger partial charge in [-0.15, -0.1) is 0 Å². The van der Waals surface area contributed by atoms with Crippen LogP contribution in [0.15, 0.2) is 72.8 Å². The molecule has 2 heteroatoms. The first kappa shape index (κ1) is 14.0. The Labute approximate surface area is 135 Å². The monoisotopic (exact) mass is 301 g/mol. The average molecular weight is 301 g/mol. The highest BCUT2D eigenvalue weighted by molar-refractivity contribution is 6.09. The molecule has 4 aromatic rings. The first-order valence-electron chi connectivity index (χ1n) is 7.88. The fourth-order valence-corrected chi connectivity index (χ4v) is 3.37. The second-order valence-corrected chi connectivity index (χ2v) is 6.45. The van der Waals surface area contributed by atoms with Gasteiger partial charge in [0.15, 0.2) is 0 Å². The first-order chi connectivity index (χ1) is 11.1. The molecule has 114 valence electrons. The summed E-state index contributed by atoms with van der Waals surface area (Å²) >= 11 is 0. The highest BCUT2D eigenvalue weighted by atomic mass is 16.3. The molecular formula is C21H19NO. The lowest BCUT2D eigenvalue weighted by molar-refractivity contribution is 0.0786. The van der Waals surface area contributed by atoms with Crippen molar-refractivity contribution in [1.82, 2.24) is 4.57 Å². The third-order valence-corrected chi connectivity index (χ3v) is 4.38. The van der Waals surface area contributed by atoms with E-state index in [2.05, 4.69) is 59.2 Å². The zero-order chi connectivity index (χ0) is 16.0. The lowest BCUT2D eigenvalue weighted by Crippen LogP contribution is -2.18. The molecule has 2 nitrogen and oxygen atoms in total. The molecular weight excluding hydrogens is 282 g/mol. The van der Waals surface area contributed by atoms with Crippen LogP contribution in [0.2, 0.25) is 0 Å². The molecule has 0 fully saturated rings. The van der Waals surface area contributed by atoms with Crippen LogP contribution in [0.4, 0.5) is 0 Å². The average Bonchev–Trinajstić information content (AvgIpc) is 2.88. The molecule has 1 N–H and O–H groups in total. The Bertz CT molecular complexity index is 952. The molecule has 0 spiro atoms. The Hall–Kier alpha value is -2.58. The van der Waals surface area contributed by atoms with Crippen molar-refractivity contribution in [1.29, 1.82) is 0 Å². The van der Waals surface area contributed by atoms with Crippen molar-refractivity contribution in [3.8, 4) is 5.69 Å². The van der Waals surface area contributed by atoms with Crippen molar-refractivity contribution < 1.29 is 5.11 Å². The van der Waals surface area contributed by atoms with Gasteiger partial charge in [-0.3, -0.25) is 0 Å². The van der Waals surface area contributed by atoms with Crippen LogP contribution >= 0.6 is 0 Å². The van der Waals surface area contributed by atoms with E-state index >= 15 is 0 Å². The molecule has 0 saturated heterocycles. The maximum atomic E-state index is 10.6. The number of hydrogen-bond donors (Lipinski definition) is 1. The number of fused-ring (bicyclic) bond motifs is 3. The fourth-order valence-electron chi connectivity index (χ4n) is 3.37. The van der Waals surface area contributed by atoms with Gasteiger partial charge in [-0.2, -0.15) is 0 Å². The van der Waals surface area contributed by atoms with Crippen LogP contribution in [0.5, 0.6) is 0 Å². The molecule has 3 aromatic carbocycles. The minimum Gasteiger partial charge on any atom is -0.386 e. The van der Waals surface area contributed by atoms with E-state index in [9.17, 15) is 5.11 Å². The Morgan fingerprint density at radius 1 is 0.696 bits per heavy atom. The second kappa shape index (κ2) is 4.97. The van der Waals surface area contributed by atoms with Crippen molar-refractivity contribution in [2.45, 2.75) is 19.4 Å². The lowest BCUT2D eigenvalue weighted by Gasteiger charge is -2.23. The number of rotatable bonds is 2. The van der Waals surface area contributed by atoms with Gasteiger partial charge in [0.05, 0.1) is 22.3 Å². The van der Waals surface area contributed by atoms with E-state index in [0.29, 0.717) is 0 Å². The summed E-state index contributed by atoms with van der Waals surface area (Å²) in [5.74, 6) is 0. The summed E-state index contributed by atoms with van der Waals surface area (Å²) < 4.78 is 2.25.